The first-order valence-electron chi connectivity index (χ1n) is 4.81. The van der Waals surface area contributed by atoms with Crippen LogP contribution in [0.1, 0.15) is 15.9 Å². The average molecular weight is 326 g/mol. The highest BCUT2D eigenvalue weighted by Crippen LogP contribution is 2.23. The molecule has 18 heavy (non-hydrogen) atoms. The zero-order valence-electron chi connectivity index (χ0n) is 8.87. The number of amides is 1. The molecule has 1 aromatic carbocycles. The van der Waals surface area contributed by atoms with Crippen molar-refractivity contribution in [3.05, 3.63) is 45.0 Å². The summed E-state index contributed by atoms with van der Waals surface area (Å²) < 4.78 is 0.708. The number of hydrogen-bond donors (Lipinski definition) is 2. The maximum atomic E-state index is 11.9. The second kappa shape index (κ2) is 5.21. The zero-order valence-corrected chi connectivity index (χ0v) is 11.2. The number of hydrogen-bond acceptors (Lipinski definition) is 3. The standard InChI is InChI=1S/C11H6BrClN4O/c12-8-2-1-6(3-9(8)13)11(18)16-10-7(4-14)5-15-17-10/h1-3,5H,(H2,15,16,17,18). The largest absolute Gasteiger partial charge is 0.306 e. The lowest BCUT2D eigenvalue weighted by Crippen LogP contribution is -2.13. The van der Waals surface area contributed by atoms with Gasteiger partial charge < -0.3 is 5.32 Å². The topological polar surface area (TPSA) is 81.6 Å². The number of nitrogens with one attached hydrogen (secondary N) is 2. The van der Waals surface area contributed by atoms with Gasteiger partial charge in [0.15, 0.2) is 0 Å². The van der Waals surface area contributed by atoms with Crippen molar-refractivity contribution in [1.82, 2.24) is 10.2 Å². The van der Waals surface area contributed by atoms with Crippen LogP contribution in [0.4, 0.5) is 5.82 Å². The summed E-state index contributed by atoms with van der Waals surface area (Å²) in [5, 5.41) is 18.0. The molecule has 0 saturated heterocycles. The van der Waals surface area contributed by atoms with Crippen LogP contribution in [-0.2, 0) is 0 Å². The van der Waals surface area contributed by atoms with E-state index in [1.165, 1.54) is 12.3 Å². The van der Waals surface area contributed by atoms with Crippen molar-refractivity contribution in [1.29, 1.82) is 5.26 Å². The van der Waals surface area contributed by atoms with Gasteiger partial charge >= 0.3 is 0 Å². The summed E-state index contributed by atoms with van der Waals surface area (Å²) in [6.07, 6.45) is 1.34. The maximum Gasteiger partial charge on any atom is 0.256 e. The average Bonchev–Trinajstić information content (AvgIpc) is 2.79. The van der Waals surface area contributed by atoms with Crippen molar-refractivity contribution >= 4 is 39.3 Å². The number of benzene rings is 1. The molecule has 5 nitrogen and oxygen atoms in total. The normalized spacial score (nSPS) is 9.83. The van der Waals surface area contributed by atoms with Crippen LogP contribution in [0.3, 0.4) is 0 Å². The molecule has 0 saturated carbocycles. The second-order valence-corrected chi connectivity index (χ2v) is 4.62. The van der Waals surface area contributed by atoms with Gasteiger partial charge in [-0.3, -0.25) is 9.89 Å². The van der Waals surface area contributed by atoms with Crippen molar-refractivity contribution < 1.29 is 4.79 Å². The van der Waals surface area contributed by atoms with Crippen molar-refractivity contribution in [2.24, 2.45) is 0 Å². The molecule has 1 amide bonds. The van der Waals surface area contributed by atoms with Crippen LogP contribution in [0.25, 0.3) is 0 Å². The van der Waals surface area contributed by atoms with Crippen LogP contribution in [0.2, 0.25) is 5.02 Å². The Balaban J connectivity index is 2.23. The van der Waals surface area contributed by atoms with Gasteiger partial charge in [-0.05, 0) is 34.1 Å². The molecule has 1 aromatic heterocycles. The Bertz CT molecular complexity index is 647. The van der Waals surface area contributed by atoms with E-state index in [4.69, 9.17) is 16.9 Å². The Hall–Kier alpha value is -1.84. The molecule has 7 heteroatoms. The lowest BCUT2D eigenvalue weighted by atomic mass is 10.2. The fourth-order valence-electron chi connectivity index (χ4n) is 1.29. The first-order valence-corrected chi connectivity index (χ1v) is 5.99. The lowest BCUT2D eigenvalue weighted by molar-refractivity contribution is 0.102. The number of rotatable bonds is 2. The molecule has 0 aliphatic heterocycles. The minimum absolute atomic E-state index is 0.265. The van der Waals surface area contributed by atoms with Crippen LogP contribution in [-0.4, -0.2) is 16.1 Å². The third-order valence-corrected chi connectivity index (χ3v) is 3.41. The minimum Gasteiger partial charge on any atom is -0.306 e. The molecule has 90 valence electrons. The maximum absolute atomic E-state index is 11.9. The summed E-state index contributed by atoms with van der Waals surface area (Å²) in [6.45, 7) is 0. The van der Waals surface area contributed by atoms with Gasteiger partial charge in [0, 0.05) is 10.0 Å². The van der Waals surface area contributed by atoms with E-state index in [1.807, 2.05) is 6.07 Å². The molecule has 0 aliphatic rings. The third kappa shape index (κ3) is 2.53. The fourth-order valence-corrected chi connectivity index (χ4v) is 1.72. The zero-order chi connectivity index (χ0) is 13.1. The first kappa shape index (κ1) is 12.6. The number of aromatic nitrogens is 2. The number of H-pyrrole nitrogens is 1. The van der Waals surface area contributed by atoms with E-state index in [0.29, 0.717) is 15.1 Å². The highest BCUT2D eigenvalue weighted by molar-refractivity contribution is 9.10. The summed E-state index contributed by atoms with van der Waals surface area (Å²) >= 11 is 9.14. The SMILES string of the molecule is N#Cc1cn[nH]c1NC(=O)c1ccc(Br)c(Cl)c1. The van der Waals surface area contributed by atoms with Crippen LogP contribution in [0.5, 0.6) is 0 Å². The quantitative estimate of drug-likeness (QED) is 0.890. The monoisotopic (exact) mass is 324 g/mol. The molecule has 2 aromatic rings. The molecule has 0 aliphatic carbocycles. The van der Waals surface area contributed by atoms with Gasteiger partial charge in [-0.2, -0.15) is 10.4 Å². The summed E-state index contributed by atoms with van der Waals surface area (Å²) in [5.41, 5.74) is 0.660. The van der Waals surface area contributed by atoms with Gasteiger partial charge in [-0.1, -0.05) is 11.6 Å². The fraction of sp³-hybridized carbons (Fsp3) is 0. The molecule has 0 bridgehead atoms. The van der Waals surface area contributed by atoms with Crippen molar-refractivity contribution in [3.63, 3.8) is 0 Å². The van der Waals surface area contributed by atoms with Crippen LogP contribution in [0.15, 0.2) is 28.9 Å². The minimum atomic E-state index is -0.370. The summed E-state index contributed by atoms with van der Waals surface area (Å²) in [4.78, 5) is 11.9. The molecule has 0 unspecified atom stereocenters. The number of carbonyl (C=O) groups excluding carboxylic acids is 1. The first-order chi connectivity index (χ1) is 8.61. The van der Waals surface area contributed by atoms with E-state index in [0.717, 1.165) is 0 Å². The smallest absolute Gasteiger partial charge is 0.256 e. The predicted octanol–water partition coefficient (Wildman–Crippen LogP) is 2.95. The van der Waals surface area contributed by atoms with Gasteiger partial charge in [0.25, 0.3) is 5.91 Å². The summed E-state index contributed by atoms with van der Waals surface area (Å²) in [7, 11) is 0. The summed E-state index contributed by atoms with van der Waals surface area (Å²) in [6, 6.07) is 6.74. The molecule has 0 radical (unpaired) electrons. The van der Waals surface area contributed by atoms with E-state index >= 15 is 0 Å². The van der Waals surface area contributed by atoms with Crippen LogP contribution >= 0.6 is 27.5 Å². The van der Waals surface area contributed by atoms with Gasteiger partial charge in [-0.15, -0.1) is 0 Å². The highest BCUT2D eigenvalue weighted by Gasteiger charge is 2.11. The predicted molar refractivity (Wildman–Crippen MR) is 70.4 cm³/mol. The van der Waals surface area contributed by atoms with E-state index < -0.39 is 0 Å². The van der Waals surface area contributed by atoms with Crippen molar-refractivity contribution in [2.75, 3.05) is 5.32 Å². The van der Waals surface area contributed by atoms with E-state index in [1.54, 1.807) is 12.1 Å². The highest BCUT2D eigenvalue weighted by atomic mass is 79.9. The Morgan fingerprint density at radius 2 is 2.33 bits per heavy atom. The molecule has 0 fully saturated rings. The molecule has 2 N–H and O–H groups in total. The molecule has 2 rings (SSSR count). The van der Waals surface area contributed by atoms with Crippen LogP contribution < -0.4 is 5.32 Å². The Labute approximate surface area is 116 Å². The van der Waals surface area contributed by atoms with Gasteiger partial charge in [0.1, 0.15) is 17.5 Å². The lowest BCUT2D eigenvalue weighted by Gasteiger charge is -2.04. The number of nitriles is 1. The van der Waals surface area contributed by atoms with E-state index in [-0.39, 0.29) is 17.3 Å². The van der Waals surface area contributed by atoms with Gasteiger partial charge in [0.2, 0.25) is 0 Å². The van der Waals surface area contributed by atoms with Crippen molar-refractivity contribution in [2.45, 2.75) is 0 Å². The molecular weight excluding hydrogens is 320 g/mol. The number of nitrogens with zero attached hydrogens (tertiary/aromatic N) is 2. The number of halogens is 2. The summed E-state index contributed by atoms with van der Waals surface area (Å²) in [5.74, 6) is -0.105. The molecule has 0 spiro atoms. The van der Waals surface area contributed by atoms with Crippen LogP contribution in [0, 0.1) is 11.3 Å². The van der Waals surface area contributed by atoms with Gasteiger partial charge in [-0.25, -0.2) is 0 Å². The van der Waals surface area contributed by atoms with E-state index in [2.05, 4.69) is 31.4 Å². The Morgan fingerprint density at radius 1 is 1.56 bits per heavy atom. The Kier molecular flexibility index (Phi) is 3.65. The van der Waals surface area contributed by atoms with Gasteiger partial charge in [0.05, 0.1) is 11.2 Å². The van der Waals surface area contributed by atoms with Crippen molar-refractivity contribution in [3.8, 4) is 6.07 Å². The molecule has 1 heterocycles. The third-order valence-electron chi connectivity index (χ3n) is 2.18. The number of aromatic amines is 1. The molecular formula is C11H6BrClN4O. The number of carbonyl (C=O) groups is 1. The second-order valence-electron chi connectivity index (χ2n) is 3.35. The Morgan fingerprint density at radius 3 is 3.00 bits per heavy atom. The number of anilines is 1. The van der Waals surface area contributed by atoms with E-state index in [9.17, 15) is 4.79 Å². The molecule has 0 atom stereocenters.